The van der Waals surface area contributed by atoms with E-state index in [9.17, 15) is 4.79 Å². The molecule has 2 fully saturated rings. The lowest BCUT2D eigenvalue weighted by atomic mass is 10.1. The predicted molar refractivity (Wildman–Crippen MR) is 50.0 cm³/mol. The molecule has 2 aliphatic heterocycles. The van der Waals surface area contributed by atoms with Crippen molar-refractivity contribution >= 4 is 5.91 Å². The van der Waals surface area contributed by atoms with Crippen molar-refractivity contribution in [3.63, 3.8) is 0 Å². The molecule has 5 heteroatoms. The SMILES string of the molecule is COCC(=O)N1CCO[C@@H]2CNC[C@H]21. The molecule has 2 atom stereocenters. The average Bonchev–Trinajstić information content (AvgIpc) is 2.65. The highest BCUT2D eigenvalue weighted by molar-refractivity contribution is 5.78. The van der Waals surface area contributed by atoms with E-state index in [4.69, 9.17) is 9.47 Å². The second-order valence-electron chi connectivity index (χ2n) is 3.65. The summed E-state index contributed by atoms with van der Waals surface area (Å²) in [7, 11) is 1.54. The van der Waals surface area contributed by atoms with Gasteiger partial charge in [0.1, 0.15) is 6.61 Å². The Kier molecular flexibility index (Phi) is 3.00. The highest BCUT2D eigenvalue weighted by Crippen LogP contribution is 2.17. The van der Waals surface area contributed by atoms with Gasteiger partial charge in [-0.1, -0.05) is 0 Å². The van der Waals surface area contributed by atoms with Crippen molar-refractivity contribution in [1.82, 2.24) is 10.2 Å². The summed E-state index contributed by atoms with van der Waals surface area (Å²) in [5, 5.41) is 3.23. The highest BCUT2D eigenvalue weighted by Gasteiger charge is 2.38. The van der Waals surface area contributed by atoms with E-state index in [1.165, 1.54) is 0 Å². The summed E-state index contributed by atoms with van der Waals surface area (Å²) in [6.45, 7) is 3.17. The second kappa shape index (κ2) is 4.25. The Hall–Kier alpha value is -0.650. The Morgan fingerprint density at radius 2 is 2.50 bits per heavy atom. The first-order valence-electron chi connectivity index (χ1n) is 4.93. The van der Waals surface area contributed by atoms with E-state index in [1.807, 2.05) is 4.90 Å². The molecule has 0 aromatic rings. The summed E-state index contributed by atoms with van der Waals surface area (Å²) in [4.78, 5) is 13.5. The van der Waals surface area contributed by atoms with Crippen LogP contribution in [0.3, 0.4) is 0 Å². The van der Waals surface area contributed by atoms with Crippen molar-refractivity contribution in [3.8, 4) is 0 Å². The van der Waals surface area contributed by atoms with Gasteiger partial charge in [0.15, 0.2) is 0 Å². The number of hydrogen-bond donors (Lipinski definition) is 1. The molecule has 5 nitrogen and oxygen atoms in total. The third-order valence-corrected chi connectivity index (χ3v) is 2.78. The standard InChI is InChI=1S/C9H16N2O3/c1-13-6-9(12)11-2-3-14-8-5-10-4-7(8)11/h7-8,10H,2-6H2,1H3/t7-,8-/m1/s1. The van der Waals surface area contributed by atoms with Gasteiger partial charge < -0.3 is 19.7 Å². The molecule has 2 saturated heterocycles. The number of fused-ring (bicyclic) bond motifs is 1. The van der Waals surface area contributed by atoms with E-state index in [-0.39, 0.29) is 24.7 Å². The van der Waals surface area contributed by atoms with E-state index in [0.29, 0.717) is 13.2 Å². The van der Waals surface area contributed by atoms with Crippen molar-refractivity contribution in [1.29, 1.82) is 0 Å². The number of ether oxygens (including phenoxy) is 2. The second-order valence-corrected chi connectivity index (χ2v) is 3.65. The quantitative estimate of drug-likeness (QED) is 0.610. The van der Waals surface area contributed by atoms with Crippen LogP contribution in [0.5, 0.6) is 0 Å². The van der Waals surface area contributed by atoms with Gasteiger partial charge in [-0.15, -0.1) is 0 Å². The molecule has 14 heavy (non-hydrogen) atoms. The summed E-state index contributed by atoms with van der Waals surface area (Å²) in [6.07, 6.45) is 0.171. The molecule has 1 amide bonds. The summed E-state index contributed by atoms with van der Waals surface area (Å²) in [5.74, 6) is 0.0644. The van der Waals surface area contributed by atoms with Crippen LogP contribution in [-0.2, 0) is 14.3 Å². The summed E-state index contributed by atoms with van der Waals surface area (Å²) >= 11 is 0. The van der Waals surface area contributed by atoms with Crippen LogP contribution in [0.4, 0.5) is 0 Å². The normalized spacial score (nSPS) is 31.6. The van der Waals surface area contributed by atoms with E-state index in [0.717, 1.165) is 13.1 Å². The lowest BCUT2D eigenvalue weighted by Crippen LogP contribution is -2.54. The van der Waals surface area contributed by atoms with Gasteiger partial charge in [-0.3, -0.25) is 4.79 Å². The maximum Gasteiger partial charge on any atom is 0.249 e. The monoisotopic (exact) mass is 200 g/mol. The number of rotatable bonds is 2. The molecule has 0 radical (unpaired) electrons. The molecule has 0 aromatic heterocycles. The summed E-state index contributed by atoms with van der Waals surface area (Å²) in [5.41, 5.74) is 0. The highest BCUT2D eigenvalue weighted by atomic mass is 16.5. The number of carbonyl (C=O) groups is 1. The summed E-state index contributed by atoms with van der Waals surface area (Å²) in [6, 6.07) is 0.200. The Bertz CT molecular complexity index is 222. The minimum Gasteiger partial charge on any atom is -0.375 e. The zero-order valence-corrected chi connectivity index (χ0v) is 8.36. The fraction of sp³-hybridized carbons (Fsp3) is 0.889. The Balaban J connectivity index is 1.99. The lowest BCUT2D eigenvalue weighted by Gasteiger charge is -2.36. The van der Waals surface area contributed by atoms with Crippen LogP contribution in [0.25, 0.3) is 0 Å². The van der Waals surface area contributed by atoms with Crippen LogP contribution < -0.4 is 5.32 Å². The largest absolute Gasteiger partial charge is 0.375 e. The third-order valence-electron chi connectivity index (χ3n) is 2.78. The first-order valence-corrected chi connectivity index (χ1v) is 4.93. The van der Waals surface area contributed by atoms with Crippen molar-refractivity contribution in [2.75, 3.05) is 40.0 Å². The van der Waals surface area contributed by atoms with Crippen LogP contribution in [0.1, 0.15) is 0 Å². The molecule has 0 saturated carbocycles. The number of amides is 1. The number of nitrogens with zero attached hydrogens (tertiary/aromatic N) is 1. The summed E-state index contributed by atoms with van der Waals surface area (Å²) < 4.78 is 10.4. The van der Waals surface area contributed by atoms with E-state index < -0.39 is 0 Å². The lowest BCUT2D eigenvalue weighted by molar-refractivity contribution is -0.146. The molecule has 80 valence electrons. The van der Waals surface area contributed by atoms with Gasteiger partial charge in [-0.25, -0.2) is 0 Å². The maximum atomic E-state index is 11.7. The van der Waals surface area contributed by atoms with Crippen molar-refractivity contribution < 1.29 is 14.3 Å². The number of nitrogens with one attached hydrogen (secondary N) is 1. The Morgan fingerprint density at radius 3 is 3.29 bits per heavy atom. The molecule has 1 N–H and O–H groups in total. The van der Waals surface area contributed by atoms with Gasteiger partial charge in [0.25, 0.3) is 0 Å². The molecular formula is C9H16N2O3. The van der Waals surface area contributed by atoms with Crippen LogP contribution >= 0.6 is 0 Å². The zero-order chi connectivity index (χ0) is 9.97. The van der Waals surface area contributed by atoms with E-state index in [1.54, 1.807) is 7.11 Å². The van der Waals surface area contributed by atoms with Gasteiger partial charge in [0.05, 0.1) is 18.8 Å². The van der Waals surface area contributed by atoms with Crippen LogP contribution in [-0.4, -0.2) is 62.9 Å². The Morgan fingerprint density at radius 1 is 1.64 bits per heavy atom. The number of hydrogen-bond acceptors (Lipinski definition) is 4. The third kappa shape index (κ3) is 1.75. The van der Waals surface area contributed by atoms with E-state index in [2.05, 4.69) is 5.32 Å². The smallest absolute Gasteiger partial charge is 0.249 e. The topological polar surface area (TPSA) is 50.8 Å². The van der Waals surface area contributed by atoms with Crippen LogP contribution in [0.15, 0.2) is 0 Å². The first-order chi connectivity index (χ1) is 6.83. The number of methoxy groups -OCH3 is 1. The predicted octanol–water partition coefficient (Wildman–Crippen LogP) is -1.17. The van der Waals surface area contributed by atoms with Gasteiger partial charge in [0.2, 0.25) is 5.91 Å². The Labute approximate surface area is 83.3 Å². The van der Waals surface area contributed by atoms with Crippen molar-refractivity contribution in [3.05, 3.63) is 0 Å². The number of morpholine rings is 1. The molecule has 2 aliphatic rings. The molecule has 2 heterocycles. The fourth-order valence-electron chi connectivity index (χ4n) is 2.11. The average molecular weight is 200 g/mol. The molecule has 0 aromatic carbocycles. The fourth-order valence-corrected chi connectivity index (χ4v) is 2.11. The van der Waals surface area contributed by atoms with Gasteiger partial charge >= 0.3 is 0 Å². The van der Waals surface area contributed by atoms with Gasteiger partial charge in [-0.05, 0) is 0 Å². The minimum atomic E-state index is 0.0644. The van der Waals surface area contributed by atoms with E-state index >= 15 is 0 Å². The molecule has 2 rings (SSSR count). The molecule has 0 bridgehead atoms. The minimum absolute atomic E-state index is 0.0644. The van der Waals surface area contributed by atoms with Gasteiger partial charge in [-0.2, -0.15) is 0 Å². The molecule has 0 spiro atoms. The van der Waals surface area contributed by atoms with Gasteiger partial charge in [0, 0.05) is 26.7 Å². The van der Waals surface area contributed by atoms with Crippen LogP contribution in [0.2, 0.25) is 0 Å². The first kappa shape index (κ1) is 9.89. The number of carbonyl (C=O) groups excluding carboxylic acids is 1. The van der Waals surface area contributed by atoms with Crippen molar-refractivity contribution in [2.24, 2.45) is 0 Å². The van der Waals surface area contributed by atoms with Crippen molar-refractivity contribution in [2.45, 2.75) is 12.1 Å². The molecule has 0 aliphatic carbocycles. The zero-order valence-electron chi connectivity index (χ0n) is 8.36. The molecule has 0 unspecified atom stereocenters. The van der Waals surface area contributed by atoms with Crippen LogP contribution in [0, 0.1) is 0 Å². The maximum absolute atomic E-state index is 11.7. The molecular weight excluding hydrogens is 184 g/mol.